The number of benzene rings is 2. The molecule has 4 nitrogen and oxygen atoms in total. The standard InChI is InChI=1S/C27H28F2N2O2/c1-5-16(2)15-31-26(24-20(28)12-17(13-21(24)29)10-11-23(32)33)25-19(14-27(31,3)4)18-8-6-7-9-22(18)30-25/h6-13,26,30H,2,5,14-15H2,1,3-4H3,(H,32,33)/b11-10+. The average Bonchev–Trinajstić information content (AvgIpc) is 3.11. The third-order valence-electron chi connectivity index (χ3n) is 6.51. The first kappa shape index (κ1) is 22.9. The highest BCUT2D eigenvalue weighted by Gasteiger charge is 2.44. The lowest BCUT2D eigenvalue weighted by molar-refractivity contribution is -0.131. The predicted molar refractivity (Wildman–Crippen MR) is 127 cm³/mol. The molecule has 0 spiro atoms. The van der Waals surface area contributed by atoms with Gasteiger partial charge in [-0.25, -0.2) is 13.6 Å². The second-order valence-electron chi connectivity index (χ2n) is 9.26. The fraction of sp³-hybridized carbons (Fsp3) is 0.296. The second kappa shape index (κ2) is 8.60. The number of para-hydroxylation sites is 1. The molecule has 2 heterocycles. The largest absolute Gasteiger partial charge is 0.478 e. The quantitative estimate of drug-likeness (QED) is 0.345. The van der Waals surface area contributed by atoms with E-state index in [0.717, 1.165) is 46.7 Å². The average molecular weight is 451 g/mol. The number of H-pyrrole nitrogens is 1. The van der Waals surface area contributed by atoms with E-state index in [1.165, 1.54) is 18.2 Å². The van der Waals surface area contributed by atoms with Crippen LogP contribution in [0.3, 0.4) is 0 Å². The van der Waals surface area contributed by atoms with E-state index < -0.39 is 23.6 Å². The van der Waals surface area contributed by atoms with Crippen molar-refractivity contribution in [3.63, 3.8) is 0 Å². The first-order valence-corrected chi connectivity index (χ1v) is 11.0. The summed E-state index contributed by atoms with van der Waals surface area (Å²) >= 11 is 0. The number of fused-ring (bicyclic) bond motifs is 3. The van der Waals surface area contributed by atoms with Gasteiger partial charge in [0.2, 0.25) is 0 Å². The molecular formula is C27H28F2N2O2. The number of halogens is 2. The van der Waals surface area contributed by atoms with E-state index >= 15 is 8.78 Å². The van der Waals surface area contributed by atoms with E-state index in [2.05, 4.69) is 30.3 Å². The summed E-state index contributed by atoms with van der Waals surface area (Å²) in [4.78, 5) is 16.4. The number of carbonyl (C=O) groups is 1. The van der Waals surface area contributed by atoms with E-state index in [0.29, 0.717) is 6.54 Å². The molecule has 1 aromatic heterocycles. The Kier molecular flexibility index (Phi) is 5.97. The third-order valence-corrected chi connectivity index (χ3v) is 6.51. The molecule has 0 fully saturated rings. The molecule has 0 saturated heterocycles. The van der Waals surface area contributed by atoms with Gasteiger partial charge in [0.05, 0.1) is 6.04 Å². The summed E-state index contributed by atoms with van der Waals surface area (Å²) in [5.74, 6) is -2.60. The van der Waals surface area contributed by atoms with Crippen LogP contribution in [0.5, 0.6) is 0 Å². The summed E-state index contributed by atoms with van der Waals surface area (Å²) < 4.78 is 31.1. The van der Waals surface area contributed by atoms with Gasteiger partial charge in [-0.05, 0) is 62.1 Å². The first-order chi connectivity index (χ1) is 15.6. The highest BCUT2D eigenvalue weighted by Crippen LogP contribution is 2.46. The topological polar surface area (TPSA) is 56.3 Å². The molecule has 172 valence electrons. The zero-order chi connectivity index (χ0) is 23.9. The fourth-order valence-electron chi connectivity index (χ4n) is 4.77. The van der Waals surface area contributed by atoms with Crippen LogP contribution < -0.4 is 0 Å². The molecule has 4 rings (SSSR count). The van der Waals surface area contributed by atoms with Crippen molar-refractivity contribution in [1.29, 1.82) is 0 Å². The zero-order valence-corrected chi connectivity index (χ0v) is 19.1. The van der Waals surface area contributed by atoms with Crippen molar-refractivity contribution in [2.45, 2.75) is 45.2 Å². The van der Waals surface area contributed by atoms with Gasteiger partial charge in [-0.1, -0.05) is 37.3 Å². The highest BCUT2D eigenvalue weighted by atomic mass is 19.1. The molecule has 0 aliphatic carbocycles. The van der Waals surface area contributed by atoms with Crippen molar-refractivity contribution in [1.82, 2.24) is 9.88 Å². The van der Waals surface area contributed by atoms with Gasteiger partial charge in [-0.2, -0.15) is 0 Å². The van der Waals surface area contributed by atoms with Gasteiger partial charge in [-0.3, -0.25) is 4.90 Å². The lowest BCUT2D eigenvalue weighted by atomic mass is 9.80. The van der Waals surface area contributed by atoms with Crippen LogP contribution >= 0.6 is 0 Å². The maximum Gasteiger partial charge on any atom is 0.328 e. The van der Waals surface area contributed by atoms with Crippen LogP contribution in [-0.2, 0) is 11.2 Å². The predicted octanol–water partition coefficient (Wildman–Crippen LogP) is 6.24. The number of carboxylic acid groups (broad SMARTS) is 1. The zero-order valence-electron chi connectivity index (χ0n) is 19.1. The molecule has 0 radical (unpaired) electrons. The van der Waals surface area contributed by atoms with Crippen molar-refractivity contribution < 1.29 is 18.7 Å². The smallest absolute Gasteiger partial charge is 0.328 e. The summed E-state index contributed by atoms with van der Waals surface area (Å²) in [6, 6.07) is 9.60. The second-order valence-corrected chi connectivity index (χ2v) is 9.26. The summed E-state index contributed by atoms with van der Waals surface area (Å²) in [6.45, 7) is 10.9. The van der Waals surface area contributed by atoms with Crippen molar-refractivity contribution in [2.75, 3.05) is 6.54 Å². The van der Waals surface area contributed by atoms with Crippen molar-refractivity contribution in [3.8, 4) is 0 Å². The Morgan fingerprint density at radius 1 is 1.27 bits per heavy atom. The van der Waals surface area contributed by atoms with Crippen LogP contribution in [0.15, 0.2) is 54.6 Å². The lowest BCUT2D eigenvalue weighted by Gasteiger charge is -2.48. The number of rotatable bonds is 6. The van der Waals surface area contributed by atoms with E-state index in [4.69, 9.17) is 5.11 Å². The van der Waals surface area contributed by atoms with Gasteiger partial charge in [-0.15, -0.1) is 0 Å². The van der Waals surface area contributed by atoms with Gasteiger partial charge >= 0.3 is 5.97 Å². The maximum absolute atomic E-state index is 15.5. The van der Waals surface area contributed by atoms with Crippen LogP contribution in [0.25, 0.3) is 17.0 Å². The Morgan fingerprint density at radius 2 is 1.94 bits per heavy atom. The van der Waals surface area contributed by atoms with Crippen molar-refractivity contribution >= 4 is 22.9 Å². The van der Waals surface area contributed by atoms with Gasteiger partial charge in [0, 0.05) is 40.3 Å². The van der Waals surface area contributed by atoms with Gasteiger partial charge < -0.3 is 10.1 Å². The van der Waals surface area contributed by atoms with E-state index in [1.54, 1.807) is 0 Å². The molecule has 2 N–H and O–H groups in total. The summed E-state index contributed by atoms with van der Waals surface area (Å²) in [5, 5.41) is 9.91. The van der Waals surface area contributed by atoms with E-state index in [1.807, 2.05) is 31.2 Å². The molecular weight excluding hydrogens is 422 g/mol. The van der Waals surface area contributed by atoms with Gasteiger partial charge in [0.15, 0.2) is 0 Å². The van der Waals surface area contributed by atoms with Crippen LogP contribution in [0.4, 0.5) is 8.78 Å². The number of carboxylic acids is 1. The first-order valence-electron chi connectivity index (χ1n) is 11.0. The fourth-order valence-corrected chi connectivity index (χ4v) is 4.77. The Bertz CT molecular complexity index is 1250. The molecule has 0 bridgehead atoms. The van der Waals surface area contributed by atoms with E-state index in [9.17, 15) is 4.79 Å². The number of hydrogen-bond donors (Lipinski definition) is 2. The lowest BCUT2D eigenvalue weighted by Crippen LogP contribution is -2.52. The molecule has 3 aromatic rings. The monoisotopic (exact) mass is 450 g/mol. The van der Waals surface area contributed by atoms with Gasteiger partial charge in [0.25, 0.3) is 0 Å². The SMILES string of the molecule is C=C(CC)CN1C(c2c(F)cc(/C=C/C(=O)O)cc2F)c2[nH]c3ccccc3c2CC1(C)C. The maximum atomic E-state index is 15.5. The normalized spacial score (nSPS) is 18.0. The number of aromatic nitrogens is 1. The molecule has 1 unspecified atom stereocenters. The molecule has 33 heavy (non-hydrogen) atoms. The summed E-state index contributed by atoms with van der Waals surface area (Å²) in [5.41, 5.74) is 3.48. The van der Waals surface area contributed by atoms with E-state index in [-0.39, 0.29) is 16.7 Å². The number of hydrogen-bond acceptors (Lipinski definition) is 2. The van der Waals surface area contributed by atoms with Crippen LogP contribution in [0.1, 0.15) is 55.6 Å². The van der Waals surface area contributed by atoms with Crippen LogP contribution in [-0.4, -0.2) is 33.0 Å². The minimum Gasteiger partial charge on any atom is -0.478 e. The molecule has 0 amide bonds. The molecule has 6 heteroatoms. The van der Waals surface area contributed by atoms with Crippen molar-refractivity contribution in [3.05, 3.63) is 88.6 Å². The number of nitrogens with one attached hydrogen (secondary N) is 1. The minimum atomic E-state index is -1.18. The minimum absolute atomic E-state index is 0.0491. The number of aliphatic carboxylic acids is 1. The molecule has 1 aliphatic heterocycles. The molecule has 1 atom stereocenters. The Labute approximate surface area is 192 Å². The number of aromatic amines is 1. The Balaban J connectivity index is 1.95. The molecule has 2 aromatic carbocycles. The summed E-state index contributed by atoms with van der Waals surface area (Å²) in [6.07, 6.45) is 3.55. The van der Waals surface area contributed by atoms with Gasteiger partial charge in [0.1, 0.15) is 11.6 Å². The van der Waals surface area contributed by atoms with Crippen LogP contribution in [0, 0.1) is 11.6 Å². The third kappa shape index (κ3) is 4.23. The highest BCUT2D eigenvalue weighted by molar-refractivity contribution is 5.86. The Morgan fingerprint density at radius 3 is 2.58 bits per heavy atom. The number of nitrogens with zero attached hydrogens (tertiary/aromatic N) is 1. The summed E-state index contributed by atoms with van der Waals surface area (Å²) in [7, 11) is 0. The van der Waals surface area contributed by atoms with Crippen LogP contribution in [0.2, 0.25) is 0 Å². The Hall–Kier alpha value is -3.25. The molecule has 1 aliphatic rings. The molecule has 0 saturated carbocycles. The van der Waals surface area contributed by atoms with Crippen molar-refractivity contribution in [2.24, 2.45) is 0 Å².